The largest absolute Gasteiger partial charge is 0.459 e. The first-order chi connectivity index (χ1) is 11.2. The van der Waals surface area contributed by atoms with Crippen molar-refractivity contribution in [3.63, 3.8) is 0 Å². The summed E-state index contributed by atoms with van der Waals surface area (Å²) in [4.78, 5) is 16.7. The van der Waals surface area contributed by atoms with Gasteiger partial charge in [0, 0.05) is 0 Å². The van der Waals surface area contributed by atoms with Gasteiger partial charge in [0.15, 0.2) is 10.8 Å². The quantitative estimate of drug-likeness (QED) is 0.745. The Kier molecular flexibility index (Phi) is 4.13. The van der Waals surface area contributed by atoms with E-state index < -0.39 is 17.1 Å². The van der Waals surface area contributed by atoms with Gasteiger partial charge in [-0.1, -0.05) is 11.3 Å². The number of aromatic nitrogens is 3. The summed E-state index contributed by atoms with van der Waals surface area (Å²) in [7, 11) is 0. The zero-order valence-electron chi connectivity index (χ0n) is 12.3. The molecule has 0 radical (unpaired) electrons. The van der Waals surface area contributed by atoms with E-state index in [0.29, 0.717) is 22.2 Å². The lowest BCUT2D eigenvalue weighted by atomic mass is 10.4. The highest BCUT2D eigenvalue weighted by Crippen LogP contribution is 2.34. The van der Waals surface area contributed by atoms with Gasteiger partial charge in [-0.25, -0.2) is 4.98 Å². The molecule has 11 heteroatoms. The van der Waals surface area contributed by atoms with Crippen LogP contribution in [0.4, 0.5) is 18.3 Å². The van der Waals surface area contributed by atoms with Crippen molar-refractivity contribution in [2.45, 2.75) is 20.0 Å². The summed E-state index contributed by atoms with van der Waals surface area (Å²) >= 11 is 1.34. The number of halogens is 3. The molecule has 0 atom stereocenters. The molecule has 3 aromatic rings. The Hall–Kier alpha value is -2.27. The molecule has 0 saturated carbocycles. The van der Waals surface area contributed by atoms with E-state index in [2.05, 4.69) is 20.5 Å². The number of nitrogens with one attached hydrogen (secondary N) is 1. The van der Waals surface area contributed by atoms with Crippen LogP contribution in [0.15, 0.2) is 16.5 Å². The fourth-order valence-corrected chi connectivity index (χ4v) is 3.33. The van der Waals surface area contributed by atoms with Gasteiger partial charge in [-0.3, -0.25) is 10.1 Å². The summed E-state index contributed by atoms with van der Waals surface area (Å²) in [5.74, 6) is 0.636. The maximum Gasteiger partial charge on any atom is 0.445 e. The zero-order valence-corrected chi connectivity index (χ0v) is 13.9. The molecule has 1 amide bonds. The highest BCUT2D eigenvalue weighted by atomic mass is 32.1. The molecule has 24 heavy (non-hydrogen) atoms. The van der Waals surface area contributed by atoms with Crippen LogP contribution in [-0.2, 0) is 6.18 Å². The number of carbonyl (C=O) groups excluding carboxylic acids is 1. The van der Waals surface area contributed by atoms with Gasteiger partial charge in [-0.05, 0) is 26.0 Å². The first-order valence-corrected chi connectivity index (χ1v) is 8.13. The normalized spacial score (nSPS) is 11.7. The molecule has 6 nitrogen and oxygen atoms in total. The molecule has 3 heterocycles. The standard InChI is InChI=1S/C13H9F3N4O2S2/c1-5-3-4-7(22-5)10-17-6(2)8(23-10)9(21)18-12-20-19-11(24-12)13(14,15)16/h3-4H,1-2H3,(H,18,20,21). The topological polar surface area (TPSA) is 80.9 Å². The lowest BCUT2D eigenvalue weighted by Crippen LogP contribution is -2.11. The number of anilines is 1. The van der Waals surface area contributed by atoms with Crippen LogP contribution in [0.2, 0.25) is 0 Å². The van der Waals surface area contributed by atoms with E-state index in [1.54, 1.807) is 26.0 Å². The van der Waals surface area contributed by atoms with Crippen molar-refractivity contribution in [2.24, 2.45) is 0 Å². The number of amides is 1. The number of carbonyl (C=O) groups is 1. The number of hydrogen-bond donors (Lipinski definition) is 1. The van der Waals surface area contributed by atoms with E-state index in [1.807, 2.05) is 0 Å². The van der Waals surface area contributed by atoms with Crippen molar-refractivity contribution in [3.8, 4) is 10.8 Å². The summed E-state index contributed by atoms with van der Waals surface area (Å²) in [6.45, 7) is 3.41. The van der Waals surface area contributed by atoms with E-state index in [0.717, 1.165) is 11.3 Å². The smallest absolute Gasteiger partial charge is 0.445 e. The van der Waals surface area contributed by atoms with Gasteiger partial charge in [-0.2, -0.15) is 13.2 Å². The number of thiazole rings is 1. The molecular formula is C13H9F3N4O2S2. The molecule has 0 aromatic carbocycles. The first kappa shape index (κ1) is 16.6. The van der Waals surface area contributed by atoms with Crippen LogP contribution in [0.25, 0.3) is 10.8 Å². The Morgan fingerprint density at radius 1 is 1.21 bits per heavy atom. The maximum absolute atomic E-state index is 12.5. The fourth-order valence-electron chi connectivity index (χ4n) is 1.80. The SMILES string of the molecule is Cc1ccc(-c2nc(C)c(C(=O)Nc3nnc(C(F)(F)F)s3)s2)o1. The van der Waals surface area contributed by atoms with Crippen LogP contribution in [-0.4, -0.2) is 21.1 Å². The summed E-state index contributed by atoms with van der Waals surface area (Å²) < 4.78 is 42.9. The second-order valence-corrected chi connectivity index (χ2v) is 6.68. The number of nitrogens with zero attached hydrogens (tertiary/aromatic N) is 3. The molecule has 0 aliphatic carbocycles. The minimum absolute atomic E-state index is 0.226. The second-order valence-electron chi connectivity index (χ2n) is 4.71. The minimum Gasteiger partial charge on any atom is -0.459 e. The fraction of sp³-hybridized carbons (Fsp3) is 0.231. The molecule has 0 fully saturated rings. The number of alkyl halides is 3. The zero-order chi connectivity index (χ0) is 17.5. The summed E-state index contributed by atoms with van der Waals surface area (Å²) in [6, 6.07) is 3.50. The lowest BCUT2D eigenvalue weighted by molar-refractivity contribution is -0.138. The van der Waals surface area contributed by atoms with Crippen molar-refractivity contribution in [3.05, 3.63) is 33.5 Å². The molecule has 126 valence electrons. The van der Waals surface area contributed by atoms with Crippen molar-refractivity contribution >= 4 is 33.7 Å². The van der Waals surface area contributed by atoms with Gasteiger partial charge in [0.1, 0.15) is 10.6 Å². The number of furan rings is 1. The van der Waals surface area contributed by atoms with E-state index in [1.165, 1.54) is 0 Å². The van der Waals surface area contributed by atoms with Crippen LogP contribution in [0.5, 0.6) is 0 Å². The molecule has 0 aliphatic rings. The average molecular weight is 374 g/mol. The second kappa shape index (κ2) is 5.98. The lowest BCUT2D eigenvalue weighted by Gasteiger charge is -1.99. The van der Waals surface area contributed by atoms with Crippen LogP contribution >= 0.6 is 22.7 Å². The van der Waals surface area contributed by atoms with Crippen LogP contribution in [0.1, 0.15) is 26.1 Å². The Morgan fingerprint density at radius 2 is 1.96 bits per heavy atom. The van der Waals surface area contributed by atoms with Crippen molar-refractivity contribution < 1.29 is 22.4 Å². The van der Waals surface area contributed by atoms with Gasteiger partial charge >= 0.3 is 6.18 Å². The first-order valence-electron chi connectivity index (χ1n) is 6.50. The number of rotatable bonds is 3. The average Bonchev–Trinajstić information content (AvgIpc) is 3.17. The Bertz CT molecular complexity index is 897. The number of hydrogen-bond acceptors (Lipinski definition) is 7. The monoisotopic (exact) mass is 374 g/mol. The van der Waals surface area contributed by atoms with Crippen molar-refractivity contribution in [1.82, 2.24) is 15.2 Å². The van der Waals surface area contributed by atoms with Crippen LogP contribution < -0.4 is 5.32 Å². The van der Waals surface area contributed by atoms with Gasteiger partial charge in [-0.15, -0.1) is 21.5 Å². The highest BCUT2D eigenvalue weighted by molar-refractivity contribution is 7.17. The third-order valence-electron chi connectivity index (χ3n) is 2.84. The van der Waals surface area contributed by atoms with E-state index in [-0.39, 0.29) is 21.3 Å². The summed E-state index contributed by atoms with van der Waals surface area (Å²) in [6.07, 6.45) is -4.59. The van der Waals surface area contributed by atoms with Crippen molar-refractivity contribution in [2.75, 3.05) is 5.32 Å². The van der Waals surface area contributed by atoms with Crippen molar-refractivity contribution in [1.29, 1.82) is 0 Å². The molecule has 0 saturated heterocycles. The predicted octanol–water partition coefficient (Wildman–Crippen LogP) is 4.14. The van der Waals surface area contributed by atoms with Gasteiger partial charge in [0.2, 0.25) is 10.1 Å². The van der Waals surface area contributed by atoms with Crippen LogP contribution in [0.3, 0.4) is 0 Å². The third-order valence-corrected chi connectivity index (χ3v) is 4.90. The maximum atomic E-state index is 12.5. The third kappa shape index (κ3) is 3.31. The van der Waals surface area contributed by atoms with Gasteiger partial charge in [0.25, 0.3) is 5.91 Å². The summed E-state index contributed by atoms with van der Waals surface area (Å²) in [5, 5.41) is 7.82. The Labute approximate surface area is 141 Å². The van der Waals surface area contributed by atoms with E-state index in [9.17, 15) is 18.0 Å². The minimum atomic E-state index is -4.59. The molecular weight excluding hydrogens is 365 g/mol. The van der Waals surface area contributed by atoms with E-state index >= 15 is 0 Å². The molecule has 3 aromatic heterocycles. The molecule has 0 unspecified atom stereocenters. The Morgan fingerprint density at radius 3 is 2.54 bits per heavy atom. The highest BCUT2D eigenvalue weighted by Gasteiger charge is 2.36. The predicted molar refractivity (Wildman–Crippen MR) is 82.2 cm³/mol. The van der Waals surface area contributed by atoms with E-state index in [4.69, 9.17) is 4.42 Å². The number of aryl methyl sites for hydroxylation is 2. The molecule has 0 spiro atoms. The molecule has 0 bridgehead atoms. The molecule has 0 aliphatic heterocycles. The molecule has 1 N–H and O–H groups in total. The van der Waals surface area contributed by atoms with Gasteiger partial charge in [0.05, 0.1) is 5.69 Å². The summed E-state index contributed by atoms with van der Waals surface area (Å²) in [5.41, 5.74) is 0.446. The van der Waals surface area contributed by atoms with Crippen LogP contribution in [0, 0.1) is 13.8 Å². The Balaban J connectivity index is 1.80. The molecule has 3 rings (SSSR count). The van der Waals surface area contributed by atoms with Gasteiger partial charge < -0.3 is 4.42 Å².